The zero-order valence-electron chi connectivity index (χ0n) is 32.5. The summed E-state index contributed by atoms with van der Waals surface area (Å²) in [6.07, 6.45) is 1.58. The van der Waals surface area contributed by atoms with E-state index in [0.29, 0.717) is 17.5 Å². The number of hydrogen-bond acceptors (Lipinski definition) is 5. The van der Waals surface area contributed by atoms with Crippen molar-refractivity contribution >= 4 is 55.0 Å². The number of aromatic nitrogens is 3. The van der Waals surface area contributed by atoms with Crippen molar-refractivity contribution in [1.82, 2.24) is 15.0 Å². The van der Waals surface area contributed by atoms with Crippen molar-refractivity contribution in [3.63, 3.8) is 0 Å². The Morgan fingerprint density at radius 3 is 1.78 bits per heavy atom. The van der Waals surface area contributed by atoms with Crippen LogP contribution in [-0.2, 0) is 0 Å². The molecular formula is C55H35N3O2. The molecule has 0 radical (unpaired) electrons. The van der Waals surface area contributed by atoms with Crippen LogP contribution < -0.4 is 10.4 Å². The Bertz CT molecular complexity index is 3600. The van der Waals surface area contributed by atoms with Crippen LogP contribution in [0.5, 0.6) is 0 Å². The number of para-hydroxylation sites is 2. The average molecular weight is 770 g/mol. The van der Waals surface area contributed by atoms with E-state index in [-0.39, 0.29) is 0 Å². The molecule has 0 bridgehead atoms. The minimum absolute atomic E-state index is 0.655. The minimum Gasteiger partial charge on any atom is -0.456 e. The highest BCUT2D eigenvalue weighted by Crippen LogP contribution is 2.41. The summed E-state index contributed by atoms with van der Waals surface area (Å²) in [5.74, 6) is 2.02. The second-order valence-corrected chi connectivity index (χ2v) is 15.4. The van der Waals surface area contributed by atoms with Crippen LogP contribution in [0.3, 0.4) is 0 Å². The topological polar surface area (TPSA) is 65.0 Å². The van der Waals surface area contributed by atoms with Crippen LogP contribution in [0.15, 0.2) is 197 Å². The number of fused-ring (bicyclic) bond motifs is 7. The lowest BCUT2D eigenvalue weighted by atomic mass is 9.87. The summed E-state index contributed by atoms with van der Waals surface area (Å²) < 4.78 is 13.1. The molecule has 8 aromatic carbocycles. The lowest BCUT2D eigenvalue weighted by Gasteiger charge is -2.18. The molecule has 282 valence electrons. The Morgan fingerprint density at radius 2 is 0.933 bits per heavy atom. The van der Waals surface area contributed by atoms with Gasteiger partial charge >= 0.3 is 0 Å². The van der Waals surface area contributed by atoms with Crippen LogP contribution in [0.4, 0.5) is 0 Å². The smallest absolute Gasteiger partial charge is 0.164 e. The monoisotopic (exact) mass is 769 g/mol. The molecule has 11 aromatic rings. The number of benzene rings is 8. The predicted molar refractivity (Wildman–Crippen MR) is 243 cm³/mol. The molecular weight excluding hydrogens is 735 g/mol. The molecule has 5 nitrogen and oxygen atoms in total. The number of hydrogen-bond donors (Lipinski definition) is 0. The van der Waals surface area contributed by atoms with Crippen molar-refractivity contribution in [1.29, 1.82) is 0 Å². The third-order valence-corrected chi connectivity index (χ3v) is 11.9. The van der Waals surface area contributed by atoms with Gasteiger partial charge in [0.15, 0.2) is 17.5 Å². The first-order chi connectivity index (χ1) is 29.7. The van der Waals surface area contributed by atoms with Gasteiger partial charge in [-0.15, -0.1) is 0 Å². The highest BCUT2D eigenvalue weighted by atomic mass is 16.3. The molecule has 0 saturated carbocycles. The predicted octanol–water partition coefficient (Wildman–Crippen LogP) is 12.5. The lowest BCUT2D eigenvalue weighted by Crippen LogP contribution is -2.33. The van der Waals surface area contributed by atoms with E-state index in [1.165, 1.54) is 16.4 Å². The van der Waals surface area contributed by atoms with E-state index in [0.717, 1.165) is 101 Å². The van der Waals surface area contributed by atoms with Crippen LogP contribution in [0.2, 0.25) is 0 Å². The van der Waals surface area contributed by atoms with Crippen LogP contribution in [0, 0.1) is 0 Å². The molecule has 1 aliphatic carbocycles. The van der Waals surface area contributed by atoms with Crippen molar-refractivity contribution < 1.29 is 8.83 Å². The normalized spacial score (nSPS) is 12.8. The molecule has 0 N–H and O–H groups in total. The molecule has 0 spiro atoms. The van der Waals surface area contributed by atoms with Gasteiger partial charge in [-0.25, -0.2) is 15.0 Å². The maximum atomic E-state index is 6.67. The van der Waals surface area contributed by atoms with Gasteiger partial charge in [0.25, 0.3) is 0 Å². The number of rotatable bonds is 6. The van der Waals surface area contributed by atoms with Gasteiger partial charge in [0.1, 0.15) is 22.3 Å². The first kappa shape index (κ1) is 34.2. The van der Waals surface area contributed by atoms with Crippen LogP contribution in [0.1, 0.15) is 24.2 Å². The largest absolute Gasteiger partial charge is 0.456 e. The first-order valence-electron chi connectivity index (χ1n) is 20.4. The molecule has 12 rings (SSSR count). The quantitative estimate of drug-likeness (QED) is 0.168. The van der Waals surface area contributed by atoms with Crippen LogP contribution in [0.25, 0.3) is 100 Å². The Labute approximate surface area is 345 Å². The molecule has 0 aliphatic heterocycles. The van der Waals surface area contributed by atoms with Crippen molar-refractivity contribution in [3.05, 3.63) is 210 Å². The number of furan rings is 2. The first-order valence-corrected chi connectivity index (χ1v) is 20.4. The highest BCUT2D eigenvalue weighted by Gasteiger charge is 2.22. The summed E-state index contributed by atoms with van der Waals surface area (Å²) in [7, 11) is 0. The van der Waals surface area contributed by atoms with Crippen molar-refractivity contribution in [3.8, 4) is 45.0 Å². The second-order valence-electron chi connectivity index (χ2n) is 15.4. The third kappa shape index (κ3) is 5.66. The van der Waals surface area contributed by atoms with Gasteiger partial charge in [0.2, 0.25) is 0 Å². The summed E-state index contributed by atoms with van der Waals surface area (Å²) in [6.45, 7) is 0. The zero-order chi connectivity index (χ0) is 39.6. The molecule has 60 heavy (non-hydrogen) atoms. The molecule has 5 heteroatoms. The summed E-state index contributed by atoms with van der Waals surface area (Å²) in [5, 5.41) is 6.77. The van der Waals surface area contributed by atoms with Crippen LogP contribution in [-0.4, -0.2) is 15.0 Å². The third-order valence-electron chi connectivity index (χ3n) is 11.9. The van der Waals surface area contributed by atoms with E-state index in [1.807, 2.05) is 36.4 Å². The maximum Gasteiger partial charge on any atom is 0.164 e. The Kier molecular flexibility index (Phi) is 7.91. The molecule has 0 atom stereocenters. The molecule has 3 aromatic heterocycles. The fraction of sp³-hybridized carbons (Fsp3) is 0.0364. The lowest BCUT2D eigenvalue weighted by molar-refractivity contribution is 0.668. The van der Waals surface area contributed by atoms with Crippen LogP contribution >= 0.6 is 0 Å². The van der Waals surface area contributed by atoms with E-state index in [2.05, 4.69) is 152 Å². The fourth-order valence-corrected chi connectivity index (χ4v) is 9.08. The van der Waals surface area contributed by atoms with Gasteiger partial charge in [0.05, 0.1) is 0 Å². The maximum absolute atomic E-state index is 6.67. The van der Waals surface area contributed by atoms with Crippen molar-refractivity contribution in [2.45, 2.75) is 12.8 Å². The second kappa shape index (κ2) is 13.9. The minimum atomic E-state index is 0.655. The molecule has 0 unspecified atom stereocenters. The summed E-state index contributed by atoms with van der Waals surface area (Å²) in [5.41, 5.74) is 13.4. The molecule has 1 aliphatic rings. The van der Waals surface area contributed by atoms with E-state index < -0.39 is 0 Å². The van der Waals surface area contributed by atoms with Crippen molar-refractivity contribution in [2.75, 3.05) is 0 Å². The van der Waals surface area contributed by atoms with Gasteiger partial charge in [-0.05, 0) is 81.4 Å². The molecule has 0 saturated heterocycles. The Hall–Kier alpha value is -7.89. The van der Waals surface area contributed by atoms with Gasteiger partial charge in [-0.1, -0.05) is 158 Å². The van der Waals surface area contributed by atoms with Crippen molar-refractivity contribution in [2.24, 2.45) is 0 Å². The highest BCUT2D eigenvalue weighted by molar-refractivity contribution is 6.13. The summed E-state index contributed by atoms with van der Waals surface area (Å²) >= 11 is 0. The average Bonchev–Trinajstić information content (AvgIpc) is 3.90. The van der Waals surface area contributed by atoms with E-state index >= 15 is 0 Å². The summed E-state index contributed by atoms with van der Waals surface area (Å²) in [4.78, 5) is 15.5. The number of nitrogens with zero attached hydrogens (tertiary/aromatic N) is 3. The molecule has 0 fully saturated rings. The molecule has 3 heterocycles. The standard InChI is InChI=1S/C55H35N3O2/c1-3-14-34(15-4-1)36-18-11-19-38(32-36)54-56-53(35-16-5-2-6-17-35)57-55(58-54)46-31-30-42(40-20-7-8-21-41(40)46)44-24-13-27-49-51(44)47-29-28-37(33-50(47)59-49)39-23-12-25-45-43-22-9-10-26-48(43)60-52(39)45/h1-29,32-33H,30-31H2. The van der Waals surface area contributed by atoms with Gasteiger partial charge < -0.3 is 8.83 Å². The summed E-state index contributed by atoms with van der Waals surface area (Å²) in [6, 6.07) is 65.4. The molecule has 0 amide bonds. The Morgan fingerprint density at radius 1 is 0.333 bits per heavy atom. The Balaban J connectivity index is 1.02. The van der Waals surface area contributed by atoms with Gasteiger partial charge in [-0.2, -0.15) is 0 Å². The van der Waals surface area contributed by atoms with Gasteiger partial charge in [0, 0.05) is 43.8 Å². The fourth-order valence-electron chi connectivity index (χ4n) is 9.08. The van der Waals surface area contributed by atoms with E-state index in [9.17, 15) is 0 Å². The van der Waals surface area contributed by atoms with Gasteiger partial charge in [-0.3, -0.25) is 0 Å². The SMILES string of the molecule is c1ccc(-c2cccc(-c3nc(C4=c5ccccc5=C(c5cccc6oc7cc(-c8cccc9c8oc8ccccc89)ccc7c56)CC4)nc(-c4ccccc4)n3)c2)cc1. The zero-order valence-corrected chi connectivity index (χ0v) is 32.5. The van der Waals surface area contributed by atoms with E-state index in [4.69, 9.17) is 23.8 Å². The van der Waals surface area contributed by atoms with E-state index in [1.54, 1.807) is 0 Å².